The molecular formula is C11H10N2O4. The van der Waals surface area contributed by atoms with Gasteiger partial charge in [-0.25, -0.2) is 0 Å². The van der Waals surface area contributed by atoms with Crippen LogP contribution in [0.1, 0.15) is 6.92 Å². The van der Waals surface area contributed by atoms with Crippen LogP contribution in [0.15, 0.2) is 23.0 Å². The molecule has 0 saturated heterocycles. The number of benzene rings is 1. The van der Waals surface area contributed by atoms with Crippen molar-refractivity contribution < 1.29 is 14.3 Å². The van der Waals surface area contributed by atoms with Crippen molar-refractivity contribution in [2.24, 2.45) is 0 Å². The van der Waals surface area contributed by atoms with Gasteiger partial charge in [-0.05, 0) is 12.1 Å². The van der Waals surface area contributed by atoms with E-state index in [2.05, 4.69) is 9.97 Å². The maximum absolute atomic E-state index is 11.6. The zero-order valence-electron chi connectivity index (χ0n) is 9.31. The first-order valence-electron chi connectivity index (χ1n) is 4.86. The fourth-order valence-corrected chi connectivity index (χ4v) is 1.42. The van der Waals surface area contributed by atoms with Gasteiger partial charge in [0.25, 0.3) is 11.6 Å². The molecule has 1 aromatic carbocycles. The van der Waals surface area contributed by atoms with Gasteiger partial charge in [-0.1, -0.05) is 0 Å². The van der Waals surface area contributed by atoms with Crippen molar-refractivity contribution in [3.63, 3.8) is 0 Å². The van der Waals surface area contributed by atoms with Crippen LogP contribution in [0.25, 0.3) is 10.9 Å². The Hall–Kier alpha value is -2.37. The molecule has 0 aliphatic rings. The molecule has 6 nitrogen and oxygen atoms in total. The highest BCUT2D eigenvalue weighted by atomic mass is 16.5. The molecule has 1 heterocycles. The molecule has 1 aromatic heterocycles. The number of carbonyl (C=O) groups excluding carboxylic acids is 1. The predicted molar refractivity (Wildman–Crippen MR) is 60.2 cm³/mol. The van der Waals surface area contributed by atoms with Gasteiger partial charge in [-0.3, -0.25) is 14.6 Å². The largest absolute Gasteiger partial charge is 0.468 e. The number of esters is 1. The van der Waals surface area contributed by atoms with E-state index < -0.39 is 5.97 Å². The molecule has 0 aliphatic heterocycles. The highest BCUT2D eigenvalue weighted by Crippen LogP contribution is 2.18. The van der Waals surface area contributed by atoms with Crippen LogP contribution < -0.4 is 15.0 Å². The molecule has 0 bridgehead atoms. The maximum atomic E-state index is 11.6. The average Bonchev–Trinajstić information content (AvgIpc) is 2.27. The van der Waals surface area contributed by atoms with Crippen molar-refractivity contribution in [3.05, 3.63) is 28.6 Å². The summed E-state index contributed by atoms with van der Waals surface area (Å²) in [5.74, 6) is -0.0914. The number of hydrogen-bond acceptors (Lipinski definition) is 5. The van der Waals surface area contributed by atoms with E-state index in [1.54, 1.807) is 6.07 Å². The summed E-state index contributed by atoms with van der Waals surface area (Å²) in [4.78, 5) is 28.9. The molecule has 6 heteroatoms. The summed E-state index contributed by atoms with van der Waals surface area (Å²) in [6, 6.07) is 4.70. The number of methoxy groups -OCH3 is 1. The van der Waals surface area contributed by atoms with Crippen LogP contribution in [0.2, 0.25) is 0 Å². The first-order valence-corrected chi connectivity index (χ1v) is 4.86. The number of aromatic amines is 1. The Bertz CT molecular complexity index is 633. The van der Waals surface area contributed by atoms with Crippen LogP contribution in [-0.4, -0.2) is 23.0 Å². The number of fused-ring (bicyclic) bond motifs is 1. The molecular weight excluding hydrogens is 224 g/mol. The topological polar surface area (TPSA) is 81.3 Å². The minimum atomic E-state index is -0.429. The average molecular weight is 234 g/mol. The molecule has 0 saturated carbocycles. The van der Waals surface area contributed by atoms with Gasteiger partial charge in [-0.2, -0.15) is 4.98 Å². The SMILES string of the molecule is COc1nc2cc(OC(C)=O)ccc2c(=O)[nH]1. The fraction of sp³-hybridized carbons (Fsp3) is 0.182. The molecule has 0 amide bonds. The molecule has 0 radical (unpaired) electrons. The smallest absolute Gasteiger partial charge is 0.308 e. The van der Waals surface area contributed by atoms with Crippen LogP contribution in [0.3, 0.4) is 0 Å². The summed E-state index contributed by atoms with van der Waals surface area (Å²) < 4.78 is 9.75. The second kappa shape index (κ2) is 4.25. The normalized spacial score (nSPS) is 10.2. The lowest BCUT2D eigenvalue weighted by molar-refractivity contribution is -0.131. The Morgan fingerprint density at radius 3 is 2.82 bits per heavy atom. The number of hydrogen-bond donors (Lipinski definition) is 1. The minimum Gasteiger partial charge on any atom is -0.468 e. The Balaban J connectivity index is 2.59. The van der Waals surface area contributed by atoms with Crippen molar-refractivity contribution in [1.82, 2.24) is 9.97 Å². The molecule has 88 valence electrons. The highest BCUT2D eigenvalue weighted by Gasteiger charge is 2.06. The van der Waals surface area contributed by atoms with Crippen molar-refractivity contribution in [2.75, 3.05) is 7.11 Å². The molecule has 2 aromatic rings. The maximum Gasteiger partial charge on any atom is 0.308 e. The van der Waals surface area contributed by atoms with Gasteiger partial charge in [0, 0.05) is 13.0 Å². The number of rotatable bonds is 2. The van der Waals surface area contributed by atoms with Gasteiger partial charge >= 0.3 is 5.97 Å². The summed E-state index contributed by atoms with van der Waals surface area (Å²) in [5, 5.41) is 0.404. The van der Waals surface area contributed by atoms with E-state index in [0.29, 0.717) is 16.7 Å². The standard InChI is InChI=1S/C11H10N2O4/c1-6(14)17-7-3-4-8-9(5-7)12-11(16-2)13-10(8)15/h3-5H,1-2H3,(H,12,13,15). The number of ether oxygens (including phenoxy) is 2. The summed E-state index contributed by atoms with van der Waals surface area (Å²) >= 11 is 0. The van der Waals surface area contributed by atoms with Crippen molar-refractivity contribution in [3.8, 4) is 11.8 Å². The molecule has 0 fully saturated rings. The van der Waals surface area contributed by atoms with Crippen molar-refractivity contribution in [2.45, 2.75) is 6.92 Å². The van der Waals surface area contributed by atoms with Gasteiger partial charge in [0.2, 0.25) is 0 Å². The van der Waals surface area contributed by atoms with Crippen LogP contribution >= 0.6 is 0 Å². The number of nitrogens with one attached hydrogen (secondary N) is 1. The van der Waals surface area contributed by atoms with Gasteiger partial charge in [-0.15, -0.1) is 0 Å². The zero-order valence-corrected chi connectivity index (χ0v) is 9.31. The van der Waals surface area contributed by atoms with Gasteiger partial charge < -0.3 is 9.47 Å². The van der Waals surface area contributed by atoms with E-state index in [1.807, 2.05) is 0 Å². The van der Waals surface area contributed by atoms with Crippen LogP contribution in [0, 0.1) is 0 Å². The lowest BCUT2D eigenvalue weighted by Gasteiger charge is -2.03. The summed E-state index contributed by atoms with van der Waals surface area (Å²) in [6.45, 7) is 1.30. The van der Waals surface area contributed by atoms with Gasteiger partial charge in [0.15, 0.2) is 0 Å². The van der Waals surface area contributed by atoms with Crippen LogP contribution in [0.5, 0.6) is 11.8 Å². The number of aromatic nitrogens is 2. The summed E-state index contributed by atoms with van der Waals surface area (Å²) in [6.07, 6.45) is 0. The third-order valence-corrected chi connectivity index (χ3v) is 2.11. The van der Waals surface area contributed by atoms with Crippen molar-refractivity contribution in [1.29, 1.82) is 0 Å². The van der Waals surface area contributed by atoms with E-state index in [1.165, 1.54) is 26.2 Å². The van der Waals surface area contributed by atoms with Crippen LogP contribution in [0.4, 0.5) is 0 Å². The summed E-state index contributed by atoms with van der Waals surface area (Å²) in [7, 11) is 1.40. The molecule has 1 N–H and O–H groups in total. The van der Waals surface area contributed by atoms with E-state index in [-0.39, 0.29) is 11.6 Å². The van der Waals surface area contributed by atoms with E-state index in [0.717, 1.165) is 0 Å². The quantitative estimate of drug-likeness (QED) is 0.615. The second-order valence-electron chi connectivity index (χ2n) is 3.35. The minimum absolute atomic E-state index is 0.113. The predicted octanol–water partition coefficient (Wildman–Crippen LogP) is 0.857. The fourth-order valence-electron chi connectivity index (χ4n) is 1.42. The molecule has 17 heavy (non-hydrogen) atoms. The molecule has 0 atom stereocenters. The Labute approximate surface area is 96.2 Å². The number of carbonyl (C=O) groups is 1. The van der Waals surface area contributed by atoms with E-state index in [4.69, 9.17) is 9.47 Å². The second-order valence-corrected chi connectivity index (χ2v) is 3.35. The Morgan fingerprint density at radius 2 is 2.18 bits per heavy atom. The summed E-state index contributed by atoms with van der Waals surface area (Å²) in [5.41, 5.74) is 0.102. The lowest BCUT2D eigenvalue weighted by atomic mass is 10.2. The third-order valence-electron chi connectivity index (χ3n) is 2.11. The number of H-pyrrole nitrogens is 1. The van der Waals surface area contributed by atoms with E-state index >= 15 is 0 Å². The first-order chi connectivity index (χ1) is 8.10. The Kier molecular flexibility index (Phi) is 2.78. The zero-order chi connectivity index (χ0) is 12.4. The van der Waals surface area contributed by atoms with Gasteiger partial charge in [0.05, 0.1) is 18.0 Å². The molecule has 0 aliphatic carbocycles. The van der Waals surface area contributed by atoms with Crippen molar-refractivity contribution >= 4 is 16.9 Å². The van der Waals surface area contributed by atoms with E-state index in [9.17, 15) is 9.59 Å². The third kappa shape index (κ3) is 2.25. The lowest BCUT2D eigenvalue weighted by Crippen LogP contribution is -2.10. The molecule has 2 rings (SSSR count). The molecule has 0 unspecified atom stereocenters. The highest BCUT2D eigenvalue weighted by molar-refractivity contribution is 5.80. The first kappa shape index (κ1) is 11.1. The Morgan fingerprint density at radius 1 is 1.41 bits per heavy atom. The van der Waals surface area contributed by atoms with Crippen LogP contribution in [-0.2, 0) is 4.79 Å². The molecule has 0 spiro atoms. The monoisotopic (exact) mass is 234 g/mol. The number of nitrogens with zero attached hydrogens (tertiary/aromatic N) is 1. The van der Waals surface area contributed by atoms with Gasteiger partial charge in [0.1, 0.15) is 5.75 Å².